The van der Waals surface area contributed by atoms with Crippen LogP contribution in [0.1, 0.15) is 37.2 Å². The molecule has 0 fully saturated rings. The van der Waals surface area contributed by atoms with Crippen LogP contribution < -0.4 is 10.9 Å². The van der Waals surface area contributed by atoms with E-state index in [1.165, 1.54) is 27.9 Å². The van der Waals surface area contributed by atoms with Gasteiger partial charge in [-0.05, 0) is 53.1 Å². The van der Waals surface area contributed by atoms with Crippen molar-refractivity contribution in [3.63, 3.8) is 0 Å². The Hall–Kier alpha value is -2.87. The highest BCUT2D eigenvalue weighted by Crippen LogP contribution is 2.32. The molecule has 0 saturated carbocycles. The normalized spacial score (nSPS) is 12.2. The third-order valence-corrected chi connectivity index (χ3v) is 7.49. The SMILES string of the molecule is CN(C)C(=O)/C=C/CCCC(=O)Nc1cccn(Cc2nc3c(CCC(F)(F)F)ncnc3n2PI)c1=O. The van der Waals surface area contributed by atoms with Crippen molar-refractivity contribution in [1.29, 1.82) is 0 Å². The van der Waals surface area contributed by atoms with Gasteiger partial charge in [0.25, 0.3) is 5.56 Å². The summed E-state index contributed by atoms with van der Waals surface area (Å²) in [6.07, 6.45) is 1.55. The van der Waals surface area contributed by atoms with Gasteiger partial charge >= 0.3 is 6.18 Å². The van der Waals surface area contributed by atoms with Gasteiger partial charge in [0.1, 0.15) is 23.4 Å². The highest BCUT2D eigenvalue weighted by molar-refractivity contribution is 14.2. The van der Waals surface area contributed by atoms with Crippen molar-refractivity contribution in [2.45, 2.75) is 44.8 Å². The lowest BCUT2D eigenvalue weighted by molar-refractivity contribution is -0.134. The van der Waals surface area contributed by atoms with E-state index in [0.29, 0.717) is 24.3 Å². The first kappa shape index (κ1) is 29.7. The standard InChI is InChI=1S/C23H26F3IN7O3P/c1-32(2)19(36)9-5-3-4-8-18(35)30-16-7-6-12-33(22(16)37)13-17-31-20-15(10-11-23(24,25)26)28-14-29-21(20)34(17)38-27/h5-7,9,12,14,38H,3-4,8,10-11,13H2,1-2H3,(H,30,35)/b9-5+. The molecule has 0 aromatic carbocycles. The zero-order valence-electron chi connectivity index (χ0n) is 20.6. The van der Waals surface area contributed by atoms with E-state index < -0.39 is 18.2 Å². The highest BCUT2D eigenvalue weighted by Gasteiger charge is 2.28. The maximum absolute atomic E-state index is 13.0. The largest absolute Gasteiger partial charge is 0.389 e. The Morgan fingerprint density at radius 2 is 2.03 bits per heavy atom. The number of rotatable bonds is 11. The molecule has 38 heavy (non-hydrogen) atoms. The van der Waals surface area contributed by atoms with Gasteiger partial charge in [0.05, 0.1) is 18.6 Å². The topological polar surface area (TPSA) is 115 Å². The van der Waals surface area contributed by atoms with Crippen molar-refractivity contribution in [3.8, 4) is 0 Å². The van der Waals surface area contributed by atoms with Gasteiger partial charge in [0.2, 0.25) is 11.8 Å². The summed E-state index contributed by atoms with van der Waals surface area (Å²) in [5.41, 5.74) is 0.516. The lowest BCUT2D eigenvalue weighted by atomic mass is 10.2. The Kier molecular flexibility index (Phi) is 10.4. The van der Waals surface area contributed by atoms with Crippen molar-refractivity contribution in [2.75, 3.05) is 19.4 Å². The van der Waals surface area contributed by atoms with E-state index in [-0.39, 0.29) is 54.5 Å². The fourth-order valence-corrected chi connectivity index (χ4v) is 5.44. The average Bonchev–Trinajstić information content (AvgIpc) is 3.21. The molecule has 1 N–H and O–H groups in total. The summed E-state index contributed by atoms with van der Waals surface area (Å²) in [7, 11) is 3.30. The number of pyridine rings is 1. The molecule has 3 aromatic rings. The molecule has 0 aliphatic heterocycles. The molecule has 1 atom stereocenters. The summed E-state index contributed by atoms with van der Waals surface area (Å²) >= 11 is 2.11. The lowest BCUT2D eigenvalue weighted by Gasteiger charge is -2.10. The van der Waals surface area contributed by atoms with Crippen LogP contribution in [0.15, 0.2) is 41.6 Å². The number of aryl methyl sites for hydroxylation is 1. The fraction of sp³-hybridized carbons (Fsp3) is 0.391. The number of alkyl halides is 3. The zero-order valence-corrected chi connectivity index (χ0v) is 23.8. The van der Waals surface area contributed by atoms with Crippen LogP contribution in [-0.4, -0.2) is 60.8 Å². The number of imidazole rings is 1. The first-order chi connectivity index (χ1) is 18.0. The van der Waals surface area contributed by atoms with E-state index in [1.807, 2.05) is 0 Å². The summed E-state index contributed by atoms with van der Waals surface area (Å²) < 4.78 is 41.4. The molecule has 0 aliphatic rings. The van der Waals surface area contributed by atoms with Gasteiger partial charge in [-0.15, -0.1) is 0 Å². The Labute approximate surface area is 231 Å². The fourth-order valence-electron chi connectivity index (χ4n) is 3.46. The quantitative estimate of drug-likeness (QED) is 0.143. The van der Waals surface area contributed by atoms with Crippen molar-refractivity contribution in [1.82, 2.24) is 28.8 Å². The number of carbonyl (C=O) groups is 2. The molecule has 15 heteroatoms. The summed E-state index contributed by atoms with van der Waals surface area (Å²) in [5.74, 6) is -0.0376. The minimum Gasteiger partial charge on any atom is -0.345 e. The Morgan fingerprint density at radius 3 is 2.71 bits per heavy atom. The molecule has 10 nitrogen and oxygen atoms in total. The van der Waals surface area contributed by atoms with E-state index in [0.717, 1.165) is 0 Å². The van der Waals surface area contributed by atoms with Gasteiger partial charge < -0.3 is 14.8 Å². The summed E-state index contributed by atoms with van der Waals surface area (Å²) in [4.78, 5) is 51.0. The minimum absolute atomic E-state index is 0.0261. The van der Waals surface area contributed by atoms with Crippen LogP contribution in [0, 0.1) is 0 Å². The number of halogens is 4. The molecule has 3 rings (SSSR count). The Balaban J connectivity index is 1.72. The second-order valence-electron chi connectivity index (χ2n) is 8.49. The highest BCUT2D eigenvalue weighted by atomic mass is 127. The second kappa shape index (κ2) is 13.3. The second-order valence-corrected chi connectivity index (χ2v) is 10.5. The average molecular weight is 663 g/mol. The molecule has 3 aromatic heterocycles. The number of nitrogens with one attached hydrogen (secondary N) is 1. The first-order valence-corrected chi connectivity index (χ1v) is 15.6. The van der Waals surface area contributed by atoms with E-state index >= 15 is 0 Å². The van der Waals surface area contributed by atoms with E-state index in [1.54, 1.807) is 36.8 Å². The van der Waals surface area contributed by atoms with Gasteiger partial charge in [-0.25, -0.2) is 15.0 Å². The molecule has 0 aliphatic carbocycles. The van der Waals surface area contributed by atoms with Crippen LogP contribution in [0.3, 0.4) is 0 Å². The molecule has 204 valence electrons. The van der Waals surface area contributed by atoms with Crippen LogP contribution in [0.25, 0.3) is 11.2 Å². The molecule has 2 amide bonds. The zero-order chi connectivity index (χ0) is 27.9. The number of allylic oxidation sites excluding steroid dienone is 1. The van der Waals surface area contributed by atoms with Crippen molar-refractivity contribution in [3.05, 3.63) is 58.7 Å². The van der Waals surface area contributed by atoms with Crippen molar-refractivity contribution < 1.29 is 22.8 Å². The Morgan fingerprint density at radius 1 is 1.26 bits per heavy atom. The molecule has 0 radical (unpaired) electrons. The number of nitrogens with zero attached hydrogens (tertiary/aromatic N) is 6. The number of likely N-dealkylation sites (N-methyl/N-ethyl adjacent to an activating group) is 1. The van der Waals surface area contributed by atoms with Gasteiger partial charge in [-0.2, -0.15) is 13.2 Å². The van der Waals surface area contributed by atoms with Crippen molar-refractivity contribution >= 4 is 57.1 Å². The predicted molar refractivity (Wildman–Crippen MR) is 148 cm³/mol. The third kappa shape index (κ3) is 8.06. The molecule has 0 bridgehead atoms. The minimum atomic E-state index is -4.33. The number of carbonyl (C=O) groups excluding carboxylic acids is 2. The number of anilines is 1. The monoisotopic (exact) mass is 663 g/mol. The van der Waals surface area contributed by atoms with Crippen molar-refractivity contribution in [2.24, 2.45) is 0 Å². The maximum Gasteiger partial charge on any atom is 0.389 e. The number of unbranched alkanes of at least 4 members (excludes halogenated alkanes) is 1. The van der Waals surface area contributed by atoms with Gasteiger partial charge in [-0.1, -0.05) is 6.08 Å². The summed E-state index contributed by atoms with van der Waals surface area (Å²) in [6, 6.07) is 3.11. The van der Waals surface area contributed by atoms with Gasteiger partial charge in [0, 0.05) is 39.6 Å². The number of aromatic nitrogens is 5. The molecular formula is C23H26F3IN7O3P. The van der Waals surface area contributed by atoms with Gasteiger partial charge in [0.15, 0.2) is 5.65 Å². The van der Waals surface area contributed by atoms with Gasteiger partial charge in [-0.3, -0.25) is 18.7 Å². The predicted octanol–water partition coefficient (Wildman–Crippen LogP) is 4.08. The molecule has 0 saturated heterocycles. The smallest absolute Gasteiger partial charge is 0.345 e. The summed E-state index contributed by atoms with van der Waals surface area (Å²) in [6.45, 7) is 0.0261. The number of hydrogen-bond acceptors (Lipinski definition) is 6. The summed E-state index contributed by atoms with van der Waals surface area (Å²) in [5, 5.41) is 2.62. The molecule has 0 spiro atoms. The first-order valence-electron chi connectivity index (χ1n) is 11.5. The van der Waals surface area contributed by atoms with Crippen LogP contribution in [0.4, 0.5) is 18.9 Å². The lowest BCUT2D eigenvalue weighted by Crippen LogP contribution is -2.26. The number of fused-ring (bicyclic) bond motifs is 1. The van der Waals surface area contributed by atoms with E-state index in [4.69, 9.17) is 0 Å². The van der Waals surface area contributed by atoms with Crippen LogP contribution in [-0.2, 0) is 22.6 Å². The third-order valence-electron chi connectivity index (χ3n) is 5.40. The van der Waals surface area contributed by atoms with E-state index in [9.17, 15) is 27.6 Å². The van der Waals surface area contributed by atoms with E-state index in [2.05, 4.69) is 42.3 Å². The van der Waals surface area contributed by atoms with Crippen LogP contribution in [0.2, 0.25) is 0 Å². The molecule has 1 unspecified atom stereocenters. The Bertz CT molecular complexity index is 1390. The number of hydrogen-bond donors (Lipinski definition) is 1. The van der Waals surface area contributed by atoms with Crippen LogP contribution in [0.5, 0.6) is 0 Å². The molecular weight excluding hydrogens is 637 g/mol. The maximum atomic E-state index is 13.0. The molecule has 3 heterocycles. The number of amides is 2. The van der Waals surface area contributed by atoms with Crippen LogP contribution >= 0.6 is 28.4 Å².